The Morgan fingerprint density at radius 1 is 1.53 bits per heavy atom. The van der Waals surface area contributed by atoms with Crippen molar-refractivity contribution in [1.82, 2.24) is 4.98 Å². The van der Waals surface area contributed by atoms with Gasteiger partial charge in [-0.15, -0.1) is 0 Å². The van der Waals surface area contributed by atoms with E-state index in [0.29, 0.717) is 12.8 Å². The summed E-state index contributed by atoms with van der Waals surface area (Å²) in [6.07, 6.45) is 3.02. The third kappa shape index (κ3) is 2.15. The summed E-state index contributed by atoms with van der Waals surface area (Å²) in [5.41, 5.74) is 1.33. The molecule has 0 saturated heterocycles. The van der Waals surface area contributed by atoms with Gasteiger partial charge in [-0.05, 0) is 19.1 Å². The molecule has 0 aromatic carbocycles. The SMILES string of the molecule is CC1(CCO)CC(c2ccccn2)=NO1. The lowest BCUT2D eigenvalue weighted by Gasteiger charge is -2.19. The van der Waals surface area contributed by atoms with Gasteiger partial charge in [-0.3, -0.25) is 4.98 Å². The summed E-state index contributed by atoms with van der Waals surface area (Å²) >= 11 is 0. The monoisotopic (exact) mass is 206 g/mol. The topological polar surface area (TPSA) is 54.7 Å². The van der Waals surface area contributed by atoms with Gasteiger partial charge in [0.15, 0.2) is 0 Å². The van der Waals surface area contributed by atoms with E-state index in [1.54, 1.807) is 6.20 Å². The van der Waals surface area contributed by atoms with Crippen molar-refractivity contribution in [3.63, 3.8) is 0 Å². The van der Waals surface area contributed by atoms with E-state index in [1.807, 2.05) is 25.1 Å². The summed E-state index contributed by atoms with van der Waals surface area (Å²) < 4.78 is 0. The van der Waals surface area contributed by atoms with E-state index in [2.05, 4.69) is 10.1 Å². The molecule has 0 spiro atoms. The predicted octanol–water partition coefficient (Wildman–Crippen LogP) is 1.35. The highest BCUT2D eigenvalue weighted by molar-refractivity contribution is 5.99. The number of aliphatic hydroxyl groups is 1. The smallest absolute Gasteiger partial charge is 0.142 e. The van der Waals surface area contributed by atoms with Crippen molar-refractivity contribution in [3.8, 4) is 0 Å². The standard InChI is InChI=1S/C11H14N2O2/c1-11(5-7-14)8-10(13-15-11)9-4-2-3-6-12-9/h2-4,6,14H,5,7-8H2,1H3. The quantitative estimate of drug-likeness (QED) is 0.812. The Morgan fingerprint density at radius 3 is 3.07 bits per heavy atom. The van der Waals surface area contributed by atoms with Crippen LogP contribution in [0.4, 0.5) is 0 Å². The zero-order valence-electron chi connectivity index (χ0n) is 8.68. The number of rotatable bonds is 3. The molecule has 1 aliphatic rings. The largest absolute Gasteiger partial charge is 0.396 e. The highest BCUT2D eigenvalue weighted by Gasteiger charge is 2.34. The molecule has 1 aromatic heterocycles. The van der Waals surface area contributed by atoms with Crippen LogP contribution < -0.4 is 0 Å². The van der Waals surface area contributed by atoms with Crippen LogP contribution in [0, 0.1) is 0 Å². The molecular weight excluding hydrogens is 192 g/mol. The van der Waals surface area contributed by atoms with Crippen molar-refractivity contribution in [3.05, 3.63) is 30.1 Å². The van der Waals surface area contributed by atoms with Crippen molar-refractivity contribution in [2.45, 2.75) is 25.4 Å². The first-order valence-corrected chi connectivity index (χ1v) is 5.01. The predicted molar refractivity (Wildman–Crippen MR) is 56.6 cm³/mol. The minimum absolute atomic E-state index is 0.113. The van der Waals surface area contributed by atoms with Crippen LogP contribution in [0.2, 0.25) is 0 Å². The Labute approximate surface area is 88.6 Å². The minimum Gasteiger partial charge on any atom is -0.396 e. The van der Waals surface area contributed by atoms with Crippen molar-refractivity contribution in [1.29, 1.82) is 0 Å². The average Bonchev–Trinajstić information content (AvgIpc) is 2.63. The molecule has 2 heterocycles. The fourth-order valence-electron chi connectivity index (χ4n) is 1.63. The van der Waals surface area contributed by atoms with Crippen LogP contribution in [-0.4, -0.2) is 28.0 Å². The van der Waals surface area contributed by atoms with Crippen LogP contribution in [0.3, 0.4) is 0 Å². The van der Waals surface area contributed by atoms with Gasteiger partial charge in [0.05, 0.1) is 5.69 Å². The molecule has 1 N–H and O–H groups in total. The molecule has 1 atom stereocenters. The van der Waals surface area contributed by atoms with E-state index in [-0.39, 0.29) is 12.2 Å². The number of pyridine rings is 1. The summed E-state index contributed by atoms with van der Waals surface area (Å²) in [7, 11) is 0. The maximum absolute atomic E-state index is 8.90. The Hall–Kier alpha value is -1.42. The van der Waals surface area contributed by atoms with Crippen LogP contribution in [-0.2, 0) is 4.84 Å². The second-order valence-electron chi connectivity index (χ2n) is 3.94. The summed E-state index contributed by atoms with van der Waals surface area (Å²) in [6.45, 7) is 2.06. The fraction of sp³-hybridized carbons (Fsp3) is 0.455. The Morgan fingerprint density at radius 2 is 2.40 bits per heavy atom. The zero-order chi connectivity index (χ0) is 10.7. The van der Waals surface area contributed by atoms with E-state index >= 15 is 0 Å². The maximum atomic E-state index is 8.90. The second kappa shape index (κ2) is 3.98. The molecule has 80 valence electrons. The zero-order valence-corrected chi connectivity index (χ0v) is 8.68. The van der Waals surface area contributed by atoms with E-state index in [0.717, 1.165) is 11.4 Å². The number of aromatic nitrogens is 1. The summed E-state index contributed by atoms with van der Waals surface area (Å²) in [5.74, 6) is 0. The van der Waals surface area contributed by atoms with Crippen LogP contribution >= 0.6 is 0 Å². The van der Waals surface area contributed by atoms with E-state index in [9.17, 15) is 0 Å². The second-order valence-corrected chi connectivity index (χ2v) is 3.94. The molecule has 0 fully saturated rings. The molecule has 1 unspecified atom stereocenters. The normalized spacial score (nSPS) is 24.8. The lowest BCUT2D eigenvalue weighted by Crippen LogP contribution is -2.26. The van der Waals surface area contributed by atoms with Gasteiger partial charge in [0.2, 0.25) is 0 Å². The number of aliphatic hydroxyl groups excluding tert-OH is 1. The maximum Gasteiger partial charge on any atom is 0.142 e. The van der Waals surface area contributed by atoms with Crippen LogP contribution in [0.1, 0.15) is 25.5 Å². The van der Waals surface area contributed by atoms with Crippen LogP contribution in [0.5, 0.6) is 0 Å². The van der Waals surface area contributed by atoms with Gasteiger partial charge in [0, 0.05) is 25.6 Å². The number of hydrogen-bond acceptors (Lipinski definition) is 4. The van der Waals surface area contributed by atoms with Crippen LogP contribution in [0.15, 0.2) is 29.6 Å². The molecule has 1 aromatic rings. The molecule has 0 aliphatic carbocycles. The molecule has 0 bridgehead atoms. The summed E-state index contributed by atoms with van der Waals surface area (Å²) in [4.78, 5) is 9.55. The van der Waals surface area contributed by atoms with Gasteiger partial charge in [0.25, 0.3) is 0 Å². The first-order chi connectivity index (χ1) is 7.23. The summed E-state index contributed by atoms with van der Waals surface area (Å²) in [5, 5.41) is 12.9. The third-order valence-corrected chi connectivity index (χ3v) is 2.52. The summed E-state index contributed by atoms with van der Waals surface area (Å²) in [6, 6.07) is 5.70. The molecule has 1 aliphatic heterocycles. The average molecular weight is 206 g/mol. The molecule has 0 amide bonds. The number of nitrogens with zero attached hydrogens (tertiary/aromatic N) is 2. The van der Waals surface area contributed by atoms with Crippen molar-refractivity contribution in [2.75, 3.05) is 6.61 Å². The number of oxime groups is 1. The van der Waals surface area contributed by atoms with Gasteiger partial charge in [-0.25, -0.2) is 0 Å². The van der Waals surface area contributed by atoms with E-state index in [4.69, 9.17) is 9.94 Å². The lowest BCUT2D eigenvalue weighted by atomic mass is 9.95. The highest BCUT2D eigenvalue weighted by atomic mass is 16.7. The first-order valence-electron chi connectivity index (χ1n) is 5.01. The van der Waals surface area contributed by atoms with Crippen molar-refractivity contribution in [2.24, 2.45) is 5.16 Å². The van der Waals surface area contributed by atoms with Crippen LogP contribution in [0.25, 0.3) is 0 Å². The van der Waals surface area contributed by atoms with E-state index in [1.165, 1.54) is 0 Å². The Bertz CT molecular complexity index is 364. The fourth-order valence-corrected chi connectivity index (χ4v) is 1.63. The van der Waals surface area contributed by atoms with E-state index < -0.39 is 0 Å². The molecule has 15 heavy (non-hydrogen) atoms. The molecule has 4 nitrogen and oxygen atoms in total. The highest BCUT2D eigenvalue weighted by Crippen LogP contribution is 2.28. The molecule has 4 heteroatoms. The van der Waals surface area contributed by atoms with Gasteiger partial charge in [-0.2, -0.15) is 0 Å². The molecular formula is C11H14N2O2. The first kappa shape index (κ1) is 10.1. The molecule has 0 saturated carbocycles. The van der Waals surface area contributed by atoms with Gasteiger partial charge in [-0.1, -0.05) is 11.2 Å². The van der Waals surface area contributed by atoms with Gasteiger partial charge < -0.3 is 9.94 Å². The Kier molecular flexibility index (Phi) is 2.68. The van der Waals surface area contributed by atoms with Gasteiger partial charge >= 0.3 is 0 Å². The number of hydrogen-bond donors (Lipinski definition) is 1. The third-order valence-electron chi connectivity index (χ3n) is 2.52. The van der Waals surface area contributed by atoms with Crippen molar-refractivity contribution < 1.29 is 9.94 Å². The van der Waals surface area contributed by atoms with Crippen molar-refractivity contribution >= 4 is 5.71 Å². The van der Waals surface area contributed by atoms with Gasteiger partial charge in [0.1, 0.15) is 11.3 Å². The molecule has 2 rings (SSSR count). The Balaban J connectivity index is 2.10. The lowest BCUT2D eigenvalue weighted by molar-refractivity contribution is -0.0202. The minimum atomic E-state index is -0.373. The molecule has 0 radical (unpaired) electrons.